The number of Topliss-reactive ketones (excluding diaryl/α,β-unsaturated/α-hetero) is 1. The first-order chi connectivity index (χ1) is 9.59. The first-order valence-corrected chi connectivity index (χ1v) is 8.03. The molecule has 0 heterocycles. The first kappa shape index (κ1) is 13.1. The molecule has 2 aromatic rings. The molecule has 1 aliphatic rings. The van der Waals surface area contributed by atoms with Gasteiger partial charge in [-0.05, 0) is 42.7 Å². The third kappa shape index (κ3) is 2.16. The Morgan fingerprint density at radius 1 is 0.850 bits per heavy atom. The molecule has 0 amide bonds. The minimum Gasteiger partial charge on any atom is -0.294 e. The van der Waals surface area contributed by atoms with E-state index in [4.69, 9.17) is 0 Å². The summed E-state index contributed by atoms with van der Waals surface area (Å²) < 4.78 is 25.0. The molecular weight excluding hydrogens is 272 g/mol. The van der Waals surface area contributed by atoms with Crippen molar-refractivity contribution in [3.05, 3.63) is 59.7 Å². The van der Waals surface area contributed by atoms with E-state index in [9.17, 15) is 13.2 Å². The van der Waals surface area contributed by atoms with Crippen molar-refractivity contribution in [2.24, 2.45) is 0 Å². The lowest BCUT2D eigenvalue weighted by Gasteiger charge is -2.15. The molecule has 0 saturated heterocycles. The van der Waals surface area contributed by atoms with Gasteiger partial charge in [-0.2, -0.15) is 0 Å². The molecule has 0 spiro atoms. The summed E-state index contributed by atoms with van der Waals surface area (Å²) >= 11 is 0. The fourth-order valence-electron chi connectivity index (χ4n) is 2.51. The van der Waals surface area contributed by atoms with Crippen LogP contribution in [0.15, 0.2) is 58.3 Å². The maximum absolute atomic E-state index is 12.5. The average Bonchev–Trinajstić information content (AvgIpc) is 2.48. The first-order valence-electron chi connectivity index (χ1n) is 6.55. The summed E-state index contributed by atoms with van der Waals surface area (Å²) in [5.74, 6) is 0.0383. The standard InChI is InChI=1S/C16H14O3S/c17-16-8-4-5-12-9-10-14(11-15(12)16)20(18,19)13-6-2-1-3-7-13/h1-3,6-7,9-11H,4-5,8H2. The Bertz CT molecular complexity index is 762. The van der Waals surface area contributed by atoms with Crippen LogP contribution in [0.1, 0.15) is 28.8 Å². The smallest absolute Gasteiger partial charge is 0.206 e. The summed E-state index contributed by atoms with van der Waals surface area (Å²) in [4.78, 5) is 12.4. The van der Waals surface area contributed by atoms with Gasteiger partial charge in [0.2, 0.25) is 9.84 Å². The molecule has 0 fully saturated rings. The third-order valence-electron chi connectivity index (χ3n) is 3.60. The van der Waals surface area contributed by atoms with Crippen molar-refractivity contribution < 1.29 is 13.2 Å². The molecule has 20 heavy (non-hydrogen) atoms. The van der Waals surface area contributed by atoms with Crippen LogP contribution in [0.4, 0.5) is 0 Å². The normalized spacial score (nSPS) is 14.9. The van der Waals surface area contributed by atoms with Crippen molar-refractivity contribution in [1.29, 1.82) is 0 Å². The molecule has 0 aromatic heterocycles. The van der Waals surface area contributed by atoms with Crippen LogP contribution in [-0.4, -0.2) is 14.2 Å². The van der Waals surface area contributed by atoms with Crippen molar-refractivity contribution >= 4 is 15.6 Å². The van der Waals surface area contributed by atoms with E-state index >= 15 is 0 Å². The van der Waals surface area contributed by atoms with Crippen LogP contribution < -0.4 is 0 Å². The quantitative estimate of drug-likeness (QED) is 0.852. The zero-order valence-electron chi connectivity index (χ0n) is 10.9. The lowest BCUT2D eigenvalue weighted by atomic mass is 9.91. The van der Waals surface area contributed by atoms with Gasteiger partial charge in [-0.25, -0.2) is 8.42 Å². The number of benzene rings is 2. The molecule has 2 aromatic carbocycles. The summed E-state index contributed by atoms with van der Waals surface area (Å²) in [7, 11) is -3.55. The molecule has 4 heteroatoms. The Morgan fingerprint density at radius 3 is 2.35 bits per heavy atom. The summed E-state index contributed by atoms with van der Waals surface area (Å²) in [6.45, 7) is 0. The lowest BCUT2D eigenvalue weighted by Crippen LogP contribution is -2.12. The van der Waals surface area contributed by atoms with Gasteiger partial charge < -0.3 is 0 Å². The van der Waals surface area contributed by atoms with Crippen LogP contribution in [0.5, 0.6) is 0 Å². The maximum atomic E-state index is 12.5. The molecule has 0 atom stereocenters. The van der Waals surface area contributed by atoms with Crippen LogP contribution in [0.25, 0.3) is 0 Å². The molecule has 0 radical (unpaired) electrons. The Hall–Kier alpha value is -1.94. The van der Waals surface area contributed by atoms with Crippen molar-refractivity contribution in [1.82, 2.24) is 0 Å². The lowest BCUT2D eigenvalue weighted by molar-refractivity contribution is 0.0972. The van der Waals surface area contributed by atoms with E-state index in [1.807, 2.05) is 0 Å². The van der Waals surface area contributed by atoms with Crippen LogP contribution in [0, 0.1) is 0 Å². The highest BCUT2D eigenvalue weighted by atomic mass is 32.2. The van der Waals surface area contributed by atoms with E-state index in [1.165, 1.54) is 6.07 Å². The highest BCUT2D eigenvalue weighted by molar-refractivity contribution is 7.91. The van der Waals surface area contributed by atoms with Crippen molar-refractivity contribution in [2.75, 3.05) is 0 Å². The van der Waals surface area contributed by atoms with Gasteiger partial charge in [0.1, 0.15) is 0 Å². The fourth-order valence-corrected chi connectivity index (χ4v) is 3.82. The van der Waals surface area contributed by atoms with Gasteiger partial charge in [0, 0.05) is 12.0 Å². The Morgan fingerprint density at radius 2 is 1.60 bits per heavy atom. The highest BCUT2D eigenvalue weighted by Gasteiger charge is 2.22. The van der Waals surface area contributed by atoms with E-state index < -0.39 is 9.84 Å². The molecule has 102 valence electrons. The van der Waals surface area contributed by atoms with Crippen LogP contribution >= 0.6 is 0 Å². The van der Waals surface area contributed by atoms with E-state index in [0.717, 1.165) is 18.4 Å². The number of fused-ring (bicyclic) bond motifs is 1. The number of aryl methyl sites for hydroxylation is 1. The summed E-state index contributed by atoms with van der Waals surface area (Å²) in [5, 5.41) is 0. The van der Waals surface area contributed by atoms with E-state index in [0.29, 0.717) is 12.0 Å². The molecule has 0 unspecified atom stereocenters. The van der Waals surface area contributed by atoms with E-state index in [2.05, 4.69) is 0 Å². The van der Waals surface area contributed by atoms with Gasteiger partial charge >= 0.3 is 0 Å². The second-order valence-electron chi connectivity index (χ2n) is 4.91. The maximum Gasteiger partial charge on any atom is 0.206 e. The Kier molecular flexibility index (Phi) is 3.18. The second-order valence-corrected chi connectivity index (χ2v) is 6.86. The molecular formula is C16H14O3S. The van der Waals surface area contributed by atoms with Crippen LogP contribution in [-0.2, 0) is 16.3 Å². The minimum atomic E-state index is -3.55. The van der Waals surface area contributed by atoms with Gasteiger partial charge in [-0.3, -0.25) is 4.79 Å². The number of carbonyl (C=O) groups excluding carboxylic acids is 1. The van der Waals surface area contributed by atoms with Gasteiger partial charge in [0.25, 0.3) is 0 Å². The molecule has 0 saturated carbocycles. The largest absolute Gasteiger partial charge is 0.294 e. The second kappa shape index (κ2) is 4.87. The van der Waals surface area contributed by atoms with Crippen molar-refractivity contribution in [3.63, 3.8) is 0 Å². The summed E-state index contributed by atoms with van der Waals surface area (Å²) in [6.07, 6.45) is 2.19. The zero-order chi connectivity index (χ0) is 14.2. The summed E-state index contributed by atoms with van der Waals surface area (Å²) in [5.41, 5.74) is 1.52. The molecule has 0 bridgehead atoms. The molecule has 3 rings (SSSR count). The predicted molar refractivity (Wildman–Crippen MR) is 75.6 cm³/mol. The van der Waals surface area contributed by atoms with Gasteiger partial charge in [-0.15, -0.1) is 0 Å². The monoisotopic (exact) mass is 286 g/mol. The number of rotatable bonds is 2. The number of ketones is 1. The molecule has 0 N–H and O–H groups in total. The number of carbonyl (C=O) groups is 1. The Balaban J connectivity index is 2.12. The van der Waals surface area contributed by atoms with Gasteiger partial charge in [0.15, 0.2) is 5.78 Å². The van der Waals surface area contributed by atoms with Gasteiger partial charge in [-0.1, -0.05) is 24.3 Å². The zero-order valence-corrected chi connectivity index (χ0v) is 11.7. The molecule has 1 aliphatic carbocycles. The molecule has 3 nitrogen and oxygen atoms in total. The predicted octanol–water partition coefficient (Wildman–Crippen LogP) is 3.04. The minimum absolute atomic E-state index is 0.0383. The SMILES string of the molecule is O=C1CCCc2ccc(S(=O)(=O)c3ccccc3)cc21. The van der Waals surface area contributed by atoms with Crippen LogP contribution in [0.2, 0.25) is 0 Å². The number of sulfone groups is 1. The van der Waals surface area contributed by atoms with E-state index in [1.54, 1.807) is 42.5 Å². The van der Waals surface area contributed by atoms with Crippen LogP contribution in [0.3, 0.4) is 0 Å². The topological polar surface area (TPSA) is 51.2 Å². The van der Waals surface area contributed by atoms with E-state index in [-0.39, 0.29) is 15.6 Å². The summed E-state index contributed by atoms with van der Waals surface area (Å²) in [6, 6.07) is 13.2. The third-order valence-corrected chi connectivity index (χ3v) is 5.36. The average molecular weight is 286 g/mol. The number of hydrogen-bond donors (Lipinski definition) is 0. The highest BCUT2D eigenvalue weighted by Crippen LogP contribution is 2.27. The van der Waals surface area contributed by atoms with Crippen molar-refractivity contribution in [2.45, 2.75) is 29.1 Å². The van der Waals surface area contributed by atoms with Gasteiger partial charge in [0.05, 0.1) is 9.79 Å². The molecule has 0 aliphatic heterocycles. The fraction of sp³-hybridized carbons (Fsp3) is 0.188. The number of hydrogen-bond acceptors (Lipinski definition) is 3. The van der Waals surface area contributed by atoms with Crippen molar-refractivity contribution in [3.8, 4) is 0 Å². The Labute approximate surface area is 118 Å².